The van der Waals surface area contributed by atoms with Gasteiger partial charge in [-0.15, -0.1) is 0 Å². The molecule has 0 aliphatic carbocycles. The van der Waals surface area contributed by atoms with Crippen molar-refractivity contribution >= 4 is 17.5 Å². The molecular formula is C15H20N6O2. The Morgan fingerprint density at radius 2 is 2.09 bits per heavy atom. The maximum atomic E-state index is 10.7. The summed E-state index contributed by atoms with van der Waals surface area (Å²) in [7, 11) is 2.02. The van der Waals surface area contributed by atoms with Crippen molar-refractivity contribution in [3.05, 3.63) is 52.2 Å². The van der Waals surface area contributed by atoms with Crippen LogP contribution in [0.5, 0.6) is 0 Å². The van der Waals surface area contributed by atoms with E-state index in [9.17, 15) is 10.1 Å². The molecule has 1 unspecified atom stereocenters. The molecular weight excluding hydrogens is 296 g/mol. The van der Waals surface area contributed by atoms with Crippen LogP contribution in [0.2, 0.25) is 0 Å². The third-order valence-electron chi connectivity index (χ3n) is 3.25. The van der Waals surface area contributed by atoms with Gasteiger partial charge in [-0.1, -0.05) is 30.3 Å². The Bertz CT molecular complexity index is 664. The average Bonchev–Trinajstić information content (AvgIpc) is 2.47. The molecule has 0 amide bonds. The van der Waals surface area contributed by atoms with Crippen molar-refractivity contribution < 1.29 is 4.92 Å². The minimum atomic E-state index is -0.601. The van der Waals surface area contributed by atoms with E-state index < -0.39 is 4.92 Å². The van der Waals surface area contributed by atoms with Crippen molar-refractivity contribution in [1.29, 1.82) is 0 Å². The van der Waals surface area contributed by atoms with Crippen molar-refractivity contribution in [3.8, 4) is 0 Å². The lowest BCUT2D eigenvalue weighted by atomic mass is 10.2. The highest BCUT2D eigenvalue weighted by Gasteiger charge is 2.15. The van der Waals surface area contributed by atoms with Crippen LogP contribution in [0.4, 0.5) is 17.5 Å². The number of nitrogens with zero attached hydrogens (tertiary/aromatic N) is 4. The molecule has 0 radical (unpaired) electrons. The summed E-state index contributed by atoms with van der Waals surface area (Å²) in [6.07, 6.45) is 1.12. The molecule has 1 aromatic carbocycles. The molecule has 8 nitrogen and oxygen atoms in total. The van der Waals surface area contributed by atoms with Gasteiger partial charge in [0, 0.05) is 19.1 Å². The Balaban J connectivity index is 1.90. The molecule has 0 bridgehead atoms. The zero-order valence-corrected chi connectivity index (χ0v) is 13.1. The first-order valence-corrected chi connectivity index (χ1v) is 7.21. The molecule has 2 aromatic rings. The normalized spacial score (nSPS) is 12.1. The number of nitrogens with one attached hydrogen (secondary N) is 1. The van der Waals surface area contributed by atoms with Crippen LogP contribution in [0.25, 0.3) is 0 Å². The minimum Gasteiger partial charge on any atom is -0.378 e. The van der Waals surface area contributed by atoms with Crippen LogP contribution in [-0.4, -0.2) is 39.4 Å². The molecule has 2 rings (SSSR count). The van der Waals surface area contributed by atoms with E-state index in [4.69, 9.17) is 5.73 Å². The van der Waals surface area contributed by atoms with Crippen LogP contribution in [-0.2, 0) is 6.54 Å². The van der Waals surface area contributed by atoms with E-state index in [1.165, 1.54) is 5.56 Å². The predicted octanol–water partition coefficient (Wildman–Crippen LogP) is 1.90. The number of aromatic nitrogens is 2. The second-order valence-electron chi connectivity index (χ2n) is 5.45. The summed E-state index contributed by atoms with van der Waals surface area (Å²) < 4.78 is 0. The molecule has 1 heterocycles. The Hall–Kier alpha value is -2.74. The van der Waals surface area contributed by atoms with Crippen LogP contribution in [0.1, 0.15) is 12.5 Å². The van der Waals surface area contributed by atoms with E-state index in [2.05, 4.69) is 32.3 Å². The van der Waals surface area contributed by atoms with Gasteiger partial charge in [0.2, 0.25) is 11.8 Å². The number of nitrogens with two attached hydrogens (primary N) is 1. The third kappa shape index (κ3) is 4.89. The summed E-state index contributed by atoms with van der Waals surface area (Å²) in [5.74, 6) is 0.144. The molecule has 3 N–H and O–H groups in total. The second kappa shape index (κ2) is 7.50. The number of hydrogen-bond donors (Lipinski definition) is 2. The fourth-order valence-corrected chi connectivity index (χ4v) is 2.29. The van der Waals surface area contributed by atoms with E-state index in [0.717, 1.165) is 19.3 Å². The van der Waals surface area contributed by atoms with Crippen molar-refractivity contribution in [2.24, 2.45) is 0 Å². The summed E-state index contributed by atoms with van der Waals surface area (Å²) in [6.45, 7) is 3.58. The SMILES string of the molecule is CC(CN(C)Cc1ccccc1)Nc1ncc([N+](=O)[O-])c(N)n1. The molecule has 0 aliphatic heterocycles. The molecule has 122 valence electrons. The Morgan fingerprint density at radius 1 is 1.39 bits per heavy atom. The standard InChI is InChI=1S/C15H20N6O2/c1-11(9-20(2)10-12-6-4-3-5-7-12)18-15-17-8-13(21(22)23)14(16)19-15/h3-8,11H,9-10H2,1-2H3,(H3,16,17,18,19). The summed E-state index contributed by atoms with van der Waals surface area (Å²) in [5.41, 5.74) is 6.50. The molecule has 0 aliphatic rings. The highest BCUT2D eigenvalue weighted by molar-refractivity contribution is 5.53. The first-order valence-electron chi connectivity index (χ1n) is 7.21. The van der Waals surface area contributed by atoms with Crippen LogP contribution in [0, 0.1) is 10.1 Å². The lowest BCUT2D eigenvalue weighted by molar-refractivity contribution is -0.384. The lowest BCUT2D eigenvalue weighted by Crippen LogP contribution is -2.32. The van der Waals surface area contributed by atoms with Crippen LogP contribution in [0.3, 0.4) is 0 Å². The first kappa shape index (κ1) is 16.6. The van der Waals surface area contributed by atoms with Crippen molar-refractivity contribution in [2.75, 3.05) is 24.6 Å². The third-order valence-corrected chi connectivity index (χ3v) is 3.25. The number of anilines is 2. The Kier molecular flexibility index (Phi) is 5.42. The summed E-state index contributed by atoms with van der Waals surface area (Å²) in [5, 5.41) is 13.8. The quantitative estimate of drug-likeness (QED) is 0.593. The number of rotatable bonds is 7. The van der Waals surface area contributed by atoms with Gasteiger partial charge in [0.05, 0.1) is 4.92 Å². The van der Waals surface area contributed by atoms with E-state index in [1.54, 1.807) is 0 Å². The molecule has 0 spiro atoms. The molecule has 1 aromatic heterocycles. The first-order chi connectivity index (χ1) is 11.0. The zero-order chi connectivity index (χ0) is 16.8. The largest absolute Gasteiger partial charge is 0.378 e. The summed E-state index contributed by atoms with van der Waals surface area (Å²) >= 11 is 0. The van der Waals surface area contributed by atoms with Crippen molar-refractivity contribution in [3.63, 3.8) is 0 Å². The lowest BCUT2D eigenvalue weighted by Gasteiger charge is -2.22. The van der Waals surface area contributed by atoms with Gasteiger partial charge in [0.1, 0.15) is 6.20 Å². The van der Waals surface area contributed by atoms with E-state index in [1.807, 2.05) is 32.2 Å². The molecule has 0 saturated heterocycles. The smallest absolute Gasteiger partial charge is 0.329 e. The fraction of sp³-hybridized carbons (Fsp3) is 0.333. The van der Waals surface area contributed by atoms with Gasteiger partial charge in [0.25, 0.3) is 0 Å². The highest BCUT2D eigenvalue weighted by Crippen LogP contribution is 2.18. The number of likely N-dealkylation sites (N-methyl/N-ethyl adjacent to an activating group) is 1. The monoisotopic (exact) mass is 316 g/mol. The number of hydrogen-bond acceptors (Lipinski definition) is 7. The minimum absolute atomic E-state index is 0.0598. The molecule has 0 saturated carbocycles. The van der Waals surface area contributed by atoms with Gasteiger partial charge in [-0.3, -0.25) is 10.1 Å². The van der Waals surface area contributed by atoms with E-state index in [0.29, 0.717) is 0 Å². The number of nitro groups is 1. The average molecular weight is 316 g/mol. The van der Waals surface area contributed by atoms with Gasteiger partial charge >= 0.3 is 5.69 Å². The Labute approximate surface area is 134 Å². The second-order valence-corrected chi connectivity index (χ2v) is 5.45. The van der Waals surface area contributed by atoms with Crippen molar-refractivity contribution in [2.45, 2.75) is 19.5 Å². The van der Waals surface area contributed by atoms with Gasteiger partial charge in [-0.05, 0) is 19.5 Å². The predicted molar refractivity (Wildman–Crippen MR) is 89.0 cm³/mol. The number of benzene rings is 1. The van der Waals surface area contributed by atoms with E-state index >= 15 is 0 Å². The van der Waals surface area contributed by atoms with Gasteiger partial charge in [-0.2, -0.15) is 4.98 Å². The topological polar surface area (TPSA) is 110 Å². The van der Waals surface area contributed by atoms with Crippen LogP contribution in [0.15, 0.2) is 36.5 Å². The van der Waals surface area contributed by atoms with Gasteiger partial charge < -0.3 is 16.0 Å². The van der Waals surface area contributed by atoms with Crippen LogP contribution >= 0.6 is 0 Å². The Morgan fingerprint density at radius 3 is 2.70 bits per heavy atom. The van der Waals surface area contributed by atoms with E-state index in [-0.39, 0.29) is 23.5 Å². The molecule has 0 fully saturated rings. The van der Waals surface area contributed by atoms with Gasteiger partial charge in [-0.25, -0.2) is 4.98 Å². The highest BCUT2D eigenvalue weighted by atomic mass is 16.6. The van der Waals surface area contributed by atoms with Crippen molar-refractivity contribution in [1.82, 2.24) is 14.9 Å². The molecule has 23 heavy (non-hydrogen) atoms. The summed E-state index contributed by atoms with van der Waals surface area (Å²) in [4.78, 5) is 20.1. The van der Waals surface area contributed by atoms with Gasteiger partial charge in [0.15, 0.2) is 0 Å². The molecule has 1 atom stereocenters. The summed E-state index contributed by atoms with van der Waals surface area (Å²) in [6, 6.07) is 10.2. The zero-order valence-electron chi connectivity index (χ0n) is 13.1. The maximum absolute atomic E-state index is 10.7. The molecule has 8 heteroatoms. The fourth-order valence-electron chi connectivity index (χ4n) is 2.29. The van der Waals surface area contributed by atoms with Crippen LogP contribution < -0.4 is 11.1 Å². The maximum Gasteiger partial charge on any atom is 0.329 e. The number of nitrogen functional groups attached to an aromatic ring is 1.